The molecule has 1 fully saturated rings. The number of hydrogen-bond donors (Lipinski definition) is 2. The van der Waals surface area contributed by atoms with E-state index >= 15 is 0 Å². The van der Waals surface area contributed by atoms with Gasteiger partial charge in [-0.3, -0.25) is 14.1 Å². The van der Waals surface area contributed by atoms with Gasteiger partial charge >= 0.3 is 19.8 Å². The molecule has 0 aromatic rings. The SMILES string of the molecule is CC/C=C\CC1OC1C/C=C\C/C=C\C/C=C\C/C=C\CCC(=O)OC[C@H](COP(=O)(O)O)OC(=O)CCCCCCCCCCCCC(C)CC. The third-order valence-electron chi connectivity index (χ3n) is 9.01. The van der Waals surface area contributed by atoms with Crippen molar-refractivity contribution < 1.29 is 42.7 Å². The lowest BCUT2D eigenvalue weighted by Crippen LogP contribution is -2.29. The van der Waals surface area contributed by atoms with Crippen molar-refractivity contribution in [1.29, 1.82) is 0 Å². The molecule has 10 heteroatoms. The monoisotopic (exact) mass is 750 g/mol. The molecule has 2 N–H and O–H groups in total. The molecule has 1 aliphatic heterocycles. The average molecular weight is 751 g/mol. The second-order valence-electron chi connectivity index (χ2n) is 13.9. The number of esters is 2. The van der Waals surface area contributed by atoms with E-state index in [1.165, 1.54) is 51.4 Å². The summed E-state index contributed by atoms with van der Waals surface area (Å²) in [5, 5.41) is 0. The van der Waals surface area contributed by atoms with E-state index in [4.69, 9.17) is 24.0 Å². The minimum Gasteiger partial charge on any atom is -0.462 e. The third kappa shape index (κ3) is 31.3. The standard InChI is InChI=1S/C42H71O9P/c1-4-6-25-31-39-40(51-39)32-27-22-18-14-9-7-8-10-15-19-23-28-33-41(43)48-35-38(36-49-52(45,46)47)50-42(44)34-29-24-20-16-12-11-13-17-21-26-30-37(3)5-2/h6,8-10,14,19,22-23,25,27,37-40H,4-5,7,11-13,15-18,20-21,24,26,28-36H2,1-3H3,(H2,45,46,47)/b10-8-,14-9-,23-19-,25-6-,27-22-/t37?,38-,39?,40?/m1/s1. The number of allylic oxidation sites excluding steroid dienone is 8. The number of phosphoric acid groups is 1. The van der Waals surface area contributed by atoms with Gasteiger partial charge in [-0.1, -0.05) is 152 Å². The first-order chi connectivity index (χ1) is 25.1. The van der Waals surface area contributed by atoms with Crippen molar-refractivity contribution in [2.45, 2.75) is 174 Å². The van der Waals surface area contributed by atoms with Crippen LogP contribution >= 0.6 is 7.82 Å². The van der Waals surface area contributed by atoms with Crippen molar-refractivity contribution in [3.8, 4) is 0 Å². The van der Waals surface area contributed by atoms with Gasteiger partial charge in [-0.25, -0.2) is 4.57 Å². The lowest BCUT2D eigenvalue weighted by Gasteiger charge is -2.18. The van der Waals surface area contributed by atoms with E-state index in [1.807, 2.05) is 12.2 Å². The second-order valence-corrected chi connectivity index (χ2v) is 15.1. The van der Waals surface area contributed by atoms with Crippen LogP contribution in [-0.2, 0) is 32.9 Å². The van der Waals surface area contributed by atoms with Gasteiger partial charge in [0.25, 0.3) is 0 Å². The van der Waals surface area contributed by atoms with Gasteiger partial charge < -0.3 is 24.0 Å². The largest absolute Gasteiger partial charge is 0.469 e. The summed E-state index contributed by atoms with van der Waals surface area (Å²) in [6, 6.07) is 0. The zero-order valence-corrected chi connectivity index (χ0v) is 33.4. The van der Waals surface area contributed by atoms with E-state index in [2.05, 4.69) is 73.9 Å². The number of carbonyl (C=O) groups excluding carboxylic acids is 2. The fourth-order valence-corrected chi connectivity index (χ4v) is 5.89. The number of phosphoric ester groups is 1. The van der Waals surface area contributed by atoms with E-state index in [1.54, 1.807) is 0 Å². The number of rotatable bonds is 34. The predicted molar refractivity (Wildman–Crippen MR) is 211 cm³/mol. The Morgan fingerprint density at radius 1 is 0.673 bits per heavy atom. The molecule has 1 saturated heterocycles. The fourth-order valence-electron chi connectivity index (χ4n) is 5.53. The molecule has 0 spiro atoms. The molecular weight excluding hydrogens is 679 g/mol. The summed E-state index contributed by atoms with van der Waals surface area (Å²) in [6.07, 6.45) is 41.4. The van der Waals surface area contributed by atoms with Gasteiger partial charge in [0.1, 0.15) is 6.61 Å². The van der Waals surface area contributed by atoms with Gasteiger partial charge in [0.05, 0.1) is 18.8 Å². The highest BCUT2D eigenvalue weighted by atomic mass is 31.2. The van der Waals surface area contributed by atoms with Crippen LogP contribution in [0.1, 0.15) is 156 Å². The lowest BCUT2D eigenvalue weighted by molar-refractivity contribution is -0.161. The van der Waals surface area contributed by atoms with Gasteiger partial charge in [-0.2, -0.15) is 0 Å². The van der Waals surface area contributed by atoms with Crippen LogP contribution in [0, 0.1) is 5.92 Å². The molecular formula is C42H71O9P. The van der Waals surface area contributed by atoms with Crippen LogP contribution < -0.4 is 0 Å². The minimum absolute atomic E-state index is 0.137. The number of epoxide rings is 1. The average Bonchev–Trinajstić information content (AvgIpc) is 3.87. The van der Waals surface area contributed by atoms with Crippen molar-refractivity contribution in [2.24, 2.45) is 5.92 Å². The molecule has 52 heavy (non-hydrogen) atoms. The Hall–Kier alpha value is -2.29. The van der Waals surface area contributed by atoms with Gasteiger partial charge in [0, 0.05) is 12.8 Å². The van der Waals surface area contributed by atoms with E-state index in [0.717, 1.165) is 63.7 Å². The highest BCUT2D eigenvalue weighted by Crippen LogP contribution is 2.36. The second kappa shape index (κ2) is 32.2. The Balaban J connectivity index is 2.13. The molecule has 0 amide bonds. The summed E-state index contributed by atoms with van der Waals surface area (Å²) in [6.45, 7) is 5.83. The van der Waals surface area contributed by atoms with Crippen LogP contribution in [-0.4, -0.2) is 53.3 Å². The lowest BCUT2D eigenvalue weighted by atomic mass is 9.99. The quantitative estimate of drug-likeness (QED) is 0.0217. The highest BCUT2D eigenvalue weighted by molar-refractivity contribution is 7.46. The van der Waals surface area contributed by atoms with Crippen molar-refractivity contribution in [3.63, 3.8) is 0 Å². The summed E-state index contributed by atoms with van der Waals surface area (Å²) < 4.78 is 31.9. The fraction of sp³-hybridized carbons (Fsp3) is 0.714. The normalized spacial score (nSPS) is 17.6. The first-order valence-electron chi connectivity index (χ1n) is 20.1. The Bertz CT molecular complexity index is 1110. The molecule has 0 aromatic heterocycles. The number of unbranched alkanes of at least 4 members (excludes halogenated alkanes) is 9. The Labute approximate surface area is 315 Å². The summed E-state index contributed by atoms with van der Waals surface area (Å²) in [5.74, 6) is -0.149. The molecule has 0 aliphatic carbocycles. The van der Waals surface area contributed by atoms with E-state index < -0.39 is 32.5 Å². The van der Waals surface area contributed by atoms with E-state index in [-0.39, 0.29) is 19.4 Å². The first-order valence-corrected chi connectivity index (χ1v) is 21.6. The smallest absolute Gasteiger partial charge is 0.462 e. The topological polar surface area (TPSA) is 132 Å². The van der Waals surface area contributed by atoms with Crippen LogP contribution in [0.2, 0.25) is 0 Å². The first kappa shape index (κ1) is 47.7. The van der Waals surface area contributed by atoms with Crippen molar-refractivity contribution in [2.75, 3.05) is 13.2 Å². The number of carbonyl (C=O) groups is 2. The van der Waals surface area contributed by atoms with Gasteiger partial charge in [-0.05, 0) is 57.3 Å². The zero-order chi connectivity index (χ0) is 38.1. The molecule has 3 unspecified atom stereocenters. The van der Waals surface area contributed by atoms with E-state index in [9.17, 15) is 14.2 Å². The van der Waals surface area contributed by atoms with Gasteiger partial charge in [0.2, 0.25) is 0 Å². The zero-order valence-electron chi connectivity index (χ0n) is 32.5. The number of hydrogen-bond acceptors (Lipinski definition) is 7. The van der Waals surface area contributed by atoms with Gasteiger partial charge in [-0.15, -0.1) is 0 Å². The van der Waals surface area contributed by atoms with Crippen LogP contribution in [0.5, 0.6) is 0 Å². The molecule has 298 valence electrons. The highest BCUT2D eigenvalue weighted by Gasteiger charge is 2.35. The van der Waals surface area contributed by atoms with Crippen LogP contribution in [0.3, 0.4) is 0 Å². The minimum atomic E-state index is -4.77. The van der Waals surface area contributed by atoms with Gasteiger partial charge in [0.15, 0.2) is 6.10 Å². The Kier molecular flexibility index (Phi) is 29.5. The molecule has 0 aromatic carbocycles. The molecule has 0 radical (unpaired) electrons. The third-order valence-corrected chi connectivity index (χ3v) is 9.49. The Morgan fingerprint density at radius 3 is 1.75 bits per heavy atom. The summed E-state index contributed by atoms with van der Waals surface area (Å²) in [4.78, 5) is 42.8. The summed E-state index contributed by atoms with van der Waals surface area (Å²) in [5.41, 5.74) is 0. The number of ether oxygens (including phenoxy) is 3. The van der Waals surface area contributed by atoms with Crippen LogP contribution in [0.15, 0.2) is 60.8 Å². The molecule has 9 nitrogen and oxygen atoms in total. The van der Waals surface area contributed by atoms with E-state index in [0.29, 0.717) is 25.0 Å². The predicted octanol–water partition coefficient (Wildman–Crippen LogP) is 11.0. The maximum atomic E-state index is 12.4. The van der Waals surface area contributed by atoms with Crippen LogP contribution in [0.25, 0.3) is 0 Å². The Morgan fingerprint density at radius 2 is 1.19 bits per heavy atom. The van der Waals surface area contributed by atoms with Crippen molar-refractivity contribution in [3.05, 3.63) is 60.8 Å². The molecule has 1 rings (SSSR count). The maximum absolute atomic E-state index is 12.4. The molecule has 0 saturated carbocycles. The molecule has 1 heterocycles. The molecule has 4 atom stereocenters. The summed E-state index contributed by atoms with van der Waals surface area (Å²) in [7, 11) is -4.77. The molecule has 1 aliphatic rings. The van der Waals surface area contributed by atoms with Crippen LogP contribution in [0.4, 0.5) is 0 Å². The maximum Gasteiger partial charge on any atom is 0.469 e. The summed E-state index contributed by atoms with van der Waals surface area (Å²) >= 11 is 0. The van der Waals surface area contributed by atoms with Crippen molar-refractivity contribution in [1.82, 2.24) is 0 Å². The molecule has 0 bridgehead atoms. The van der Waals surface area contributed by atoms with Crippen molar-refractivity contribution >= 4 is 19.8 Å².